The number of hydrogen-bond donors (Lipinski definition) is 0. The Morgan fingerprint density at radius 1 is 1.29 bits per heavy atom. The highest BCUT2D eigenvalue weighted by Gasteiger charge is 2.34. The van der Waals surface area contributed by atoms with Crippen molar-refractivity contribution in [3.05, 3.63) is 47.8 Å². The molecular weight excluding hydrogens is 321 g/mol. The summed E-state index contributed by atoms with van der Waals surface area (Å²) in [6.07, 6.45) is 1.02. The molecule has 0 spiro atoms. The lowest BCUT2D eigenvalue weighted by atomic mass is 9.99. The smallest absolute Gasteiger partial charge is 0.338 e. The lowest BCUT2D eigenvalue weighted by Gasteiger charge is -2.39. The van der Waals surface area contributed by atoms with Crippen molar-refractivity contribution in [1.29, 1.82) is 0 Å². The van der Waals surface area contributed by atoms with Crippen molar-refractivity contribution in [2.24, 2.45) is 5.92 Å². The Morgan fingerprint density at radius 2 is 2.04 bits per heavy atom. The first-order chi connectivity index (χ1) is 11.4. The van der Waals surface area contributed by atoms with Gasteiger partial charge in [-0.3, -0.25) is 9.78 Å². The Labute approximate surface area is 137 Å². The highest BCUT2D eigenvalue weighted by atomic mass is 19.4. The maximum atomic E-state index is 12.5. The summed E-state index contributed by atoms with van der Waals surface area (Å²) in [5.41, 5.74) is -0.814. The van der Waals surface area contributed by atoms with E-state index in [0.717, 1.165) is 31.1 Å². The largest absolute Gasteiger partial charge is 0.433 e. The molecule has 0 unspecified atom stereocenters. The van der Waals surface area contributed by atoms with Gasteiger partial charge < -0.3 is 9.47 Å². The van der Waals surface area contributed by atoms with Crippen LogP contribution in [0.25, 0.3) is 0 Å². The zero-order valence-corrected chi connectivity index (χ0v) is 13.1. The summed E-state index contributed by atoms with van der Waals surface area (Å²) in [7, 11) is 0. The van der Waals surface area contributed by atoms with Crippen molar-refractivity contribution in [1.82, 2.24) is 19.4 Å². The van der Waals surface area contributed by atoms with E-state index in [4.69, 9.17) is 0 Å². The minimum atomic E-state index is -4.49. The number of halogens is 3. The minimum Gasteiger partial charge on any atom is -0.338 e. The molecule has 0 atom stereocenters. The van der Waals surface area contributed by atoms with Crippen LogP contribution in [0.4, 0.5) is 13.2 Å². The van der Waals surface area contributed by atoms with Crippen LogP contribution in [-0.2, 0) is 19.1 Å². The number of amides is 1. The molecule has 128 valence electrons. The molecule has 0 N–H and O–H groups in total. The third-order valence-electron chi connectivity index (χ3n) is 4.12. The molecule has 0 saturated carbocycles. The number of aryl methyl sites for hydroxylation is 1. The maximum Gasteiger partial charge on any atom is 0.433 e. The lowest BCUT2D eigenvalue weighted by molar-refractivity contribution is -0.141. The van der Waals surface area contributed by atoms with E-state index >= 15 is 0 Å². The van der Waals surface area contributed by atoms with Gasteiger partial charge in [0, 0.05) is 50.6 Å². The number of carbonyl (C=O) groups excluding carboxylic acids is 1. The van der Waals surface area contributed by atoms with E-state index in [1.807, 2.05) is 13.1 Å². The van der Waals surface area contributed by atoms with Crippen LogP contribution < -0.4 is 0 Å². The first-order valence-corrected chi connectivity index (χ1v) is 7.71. The van der Waals surface area contributed by atoms with Crippen LogP contribution in [0.15, 0.2) is 30.7 Å². The topological polar surface area (TPSA) is 51.0 Å². The predicted octanol–water partition coefficient (Wildman–Crippen LogP) is 2.63. The summed E-state index contributed by atoms with van der Waals surface area (Å²) in [4.78, 5) is 21.5. The molecule has 3 rings (SSSR count). The molecule has 0 aliphatic carbocycles. The third kappa shape index (κ3) is 3.27. The maximum absolute atomic E-state index is 12.5. The summed E-state index contributed by atoms with van der Waals surface area (Å²) < 4.78 is 39.5. The van der Waals surface area contributed by atoms with Gasteiger partial charge in [0.05, 0.1) is 5.56 Å². The Bertz CT molecular complexity index is 718. The second-order valence-corrected chi connectivity index (χ2v) is 5.86. The van der Waals surface area contributed by atoms with E-state index in [-0.39, 0.29) is 11.5 Å². The van der Waals surface area contributed by atoms with Gasteiger partial charge in [0.2, 0.25) is 0 Å². The molecule has 1 aliphatic rings. The molecule has 1 aliphatic heterocycles. The van der Waals surface area contributed by atoms with Gasteiger partial charge in [-0.15, -0.1) is 0 Å². The average molecular weight is 338 g/mol. The number of rotatable bonds is 4. The number of likely N-dealkylation sites (tertiary alicyclic amines) is 1. The molecule has 5 nitrogen and oxygen atoms in total. The first kappa shape index (κ1) is 16.5. The van der Waals surface area contributed by atoms with E-state index in [1.54, 1.807) is 11.1 Å². The van der Waals surface area contributed by atoms with E-state index in [9.17, 15) is 18.0 Å². The number of pyridine rings is 1. The van der Waals surface area contributed by atoms with Crippen molar-refractivity contribution in [2.75, 3.05) is 13.1 Å². The molecule has 2 aromatic rings. The molecule has 1 amide bonds. The first-order valence-electron chi connectivity index (χ1n) is 7.71. The van der Waals surface area contributed by atoms with Crippen molar-refractivity contribution < 1.29 is 18.0 Å². The Morgan fingerprint density at radius 3 is 2.62 bits per heavy atom. The van der Waals surface area contributed by atoms with E-state index in [0.29, 0.717) is 19.0 Å². The summed E-state index contributed by atoms with van der Waals surface area (Å²) in [6.45, 7) is 3.99. The van der Waals surface area contributed by atoms with E-state index in [2.05, 4.69) is 14.5 Å². The number of aromatic nitrogens is 3. The zero-order chi connectivity index (χ0) is 17.3. The molecule has 3 heterocycles. The quantitative estimate of drug-likeness (QED) is 0.861. The van der Waals surface area contributed by atoms with Crippen LogP contribution in [0.5, 0.6) is 0 Å². The molecule has 8 heteroatoms. The molecule has 24 heavy (non-hydrogen) atoms. The molecule has 1 saturated heterocycles. The normalized spacial score (nSPS) is 15.4. The number of alkyl halides is 3. The molecular formula is C16H17F3N4O. The van der Waals surface area contributed by atoms with Crippen molar-refractivity contribution in [3.8, 4) is 0 Å². The van der Waals surface area contributed by atoms with Gasteiger partial charge in [-0.05, 0) is 12.1 Å². The van der Waals surface area contributed by atoms with Crippen molar-refractivity contribution in [3.63, 3.8) is 0 Å². The van der Waals surface area contributed by atoms with Gasteiger partial charge in [0.1, 0.15) is 11.5 Å². The average Bonchev–Trinajstić information content (AvgIpc) is 2.96. The molecule has 0 aromatic carbocycles. The standard InChI is InChI=1S/C16H17F3N4O/c1-2-14-20-5-6-22(14)8-11-9-23(10-11)15(24)12-3-4-13(21-7-12)16(17,18)19/h3-7,11H,2,8-10H2,1H3. The van der Waals surface area contributed by atoms with Gasteiger partial charge >= 0.3 is 6.18 Å². The minimum absolute atomic E-state index is 0.179. The summed E-state index contributed by atoms with van der Waals surface area (Å²) >= 11 is 0. The molecule has 1 fully saturated rings. The van der Waals surface area contributed by atoms with Crippen LogP contribution in [0.3, 0.4) is 0 Å². The SMILES string of the molecule is CCc1nccn1CC1CN(C(=O)c2ccc(C(F)(F)F)nc2)C1. The second-order valence-electron chi connectivity index (χ2n) is 5.86. The zero-order valence-electron chi connectivity index (χ0n) is 13.1. The fraction of sp³-hybridized carbons (Fsp3) is 0.438. The van der Waals surface area contributed by atoms with E-state index < -0.39 is 11.9 Å². The van der Waals surface area contributed by atoms with Crippen LogP contribution in [0, 0.1) is 5.92 Å². The Kier molecular flexibility index (Phi) is 4.29. The second kappa shape index (κ2) is 6.26. The van der Waals surface area contributed by atoms with Crippen LogP contribution >= 0.6 is 0 Å². The van der Waals surface area contributed by atoms with Gasteiger partial charge in [0.15, 0.2) is 0 Å². The van der Waals surface area contributed by atoms with E-state index in [1.165, 1.54) is 6.07 Å². The predicted molar refractivity (Wildman–Crippen MR) is 80.2 cm³/mol. The number of hydrogen-bond acceptors (Lipinski definition) is 3. The summed E-state index contributed by atoms with van der Waals surface area (Å²) in [5, 5.41) is 0. The summed E-state index contributed by atoms with van der Waals surface area (Å²) in [6, 6.07) is 2.01. The number of carbonyl (C=O) groups is 1. The molecule has 0 bridgehead atoms. The fourth-order valence-electron chi connectivity index (χ4n) is 2.82. The lowest BCUT2D eigenvalue weighted by Crippen LogP contribution is -2.51. The highest BCUT2D eigenvalue weighted by Crippen LogP contribution is 2.28. The van der Waals surface area contributed by atoms with Gasteiger partial charge in [0.25, 0.3) is 5.91 Å². The van der Waals surface area contributed by atoms with Gasteiger partial charge in [-0.2, -0.15) is 13.2 Å². The molecule has 0 radical (unpaired) electrons. The van der Waals surface area contributed by atoms with Gasteiger partial charge in [-0.25, -0.2) is 4.98 Å². The highest BCUT2D eigenvalue weighted by molar-refractivity contribution is 5.94. The Hall–Kier alpha value is -2.38. The van der Waals surface area contributed by atoms with Crippen LogP contribution in [-0.4, -0.2) is 38.4 Å². The van der Waals surface area contributed by atoms with Crippen LogP contribution in [0.2, 0.25) is 0 Å². The molecule has 2 aromatic heterocycles. The van der Waals surface area contributed by atoms with Gasteiger partial charge in [-0.1, -0.05) is 6.92 Å². The van der Waals surface area contributed by atoms with Crippen molar-refractivity contribution in [2.45, 2.75) is 26.1 Å². The van der Waals surface area contributed by atoms with Crippen molar-refractivity contribution >= 4 is 5.91 Å². The summed E-state index contributed by atoms with van der Waals surface area (Å²) in [5.74, 6) is 1.05. The fourth-order valence-corrected chi connectivity index (χ4v) is 2.82. The van der Waals surface area contributed by atoms with Crippen LogP contribution in [0.1, 0.15) is 28.8 Å². The number of imidazole rings is 1. The third-order valence-corrected chi connectivity index (χ3v) is 4.12. The Balaban J connectivity index is 1.57. The monoisotopic (exact) mass is 338 g/mol. The number of nitrogens with zero attached hydrogens (tertiary/aromatic N) is 4.